The molecule has 4 nitrogen and oxygen atoms in total. The van der Waals surface area contributed by atoms with Crippen LogP contribution in [0.3, 0.4) is 0 Å². The van der Waals surface area contributed by atoms with Gasteiger partial charge in [-0.2, -0.15) is 13.2 Å². The summed E-state index contributed by atoms with van der Waals surface area (Å²) < 4.78 is 36.4. The number of hydrogen-bond donors (Lipinski definition) is 1. The second-order valence-electron chi connectivity index (χ2n) is 2.37. The molecule has 0 unspecified atom stereocenters. The minimum atomic E-state index is -4.74. The number of rotatable bonds is 0. The lowest BCUT2D eigenvalue weighted by Crippen LogP contribution is -2.36. The van der Waals surface area contributed by atoms with Crippen molar-refractivity contribution in [1.82, 2.24) is 9.55 Å². The fourth-order valence-electron chi connectivity index (χ4n) is 0.768. The van der Waals surface area contributed by atoms with E-state index >= 15 is 0 Å². The summed E-state index contributed by atoms with van der Waals surface area (Å²) in [5.41, 5.74) is -3.61. The molecule has 1 aromatic rings. The Morgan fingerprint density at radius 2 is 1.92 bits per heavy atom. The molecule has 1 N–H and O–H groups in total. The molecule has 0 aliphatic heterocycles. The molecule has 0 amide bonds. The van der Waals surface area contributed by atoms with E-state index in [2.05, 4.69) is 0 Å². The van der Waals surface area contributed by atoms with Crippen molar-refractivity contribution in [2.24, 2.45) is 7.05 Å². The number of nitrogens with one attached hydrogen (secondary N) is 1. The van der Waals surface area contributed by atoms with Crippen LogP contribution in [0, 0.1) is 0 Å². The van der Waals surface area contributed by atoms with Crippen LogP contribution >= 0.6 is 0 Å². The number of alkyl halides is 3. The smallest absolute Gasteiger partial charge is 0.313 e. The van der Waals surface area contributed by atoms with Gasteiger partial charge < -0.3 is 4.98 Å². The number of aromatic amines is 1. The van der Waals surface area contributed by atoms with E-state index in [1.165, 1.54) is 0 Å². The molecule has 1 aromatic heterocycles. The highest BCUT2D eigenvalue weighted by molar-refractivity contribution is 5.08. The quantitative estimate of drug-likeness (QED) is 0.636. The molecule has 1 heterocycles. The van der Waals surface area contributed by atoms with Crippen molar-refractivity contribution in [2.75, 3.05) is 0 Å². The number of hydrogen-bond acceptors (Lipinski definition) is 2. The minimum absolute atomic E-state index is 0.364. The largest absolute Gasteiger partial charge is 0.423 e. The lowest BCUT2D eigenvalue weighted by atomic mass is 10.3. The highest BCUT2D eigenvalue weighted by Crippen LogP contribution is 2.24. The van der Waals surface area contributed by atoms with E-state index in [9.17, 15) is 22.8 Å². The third kappa shape index (κ3) is 1.63. The first-order valence-electron chi connectivity index (χ1n) is 3.20. The van der Waals surface area contributed by atoms with Crippen molar-refractivity contribution in [1.29, 1.82) is 0 Å². The van der Waals surface area contributed by atoms with Gasteiger partial charge >= 0.3 is 11.9 Å². The SMILES string of the molecule is Cn1c(=O)[nH]cc(C(F)(F)F)c1=O. The van der Waals surface area contributed by atoms with Gasteiger partial charge in [-0.25, -0.2) is 4.79 Å². The second kappa shape index (κ2) is 2.75. The third-order valence-electron chi connectivity index (χ3n) is 1.49. The van der Waals surface area contributed by atoms with Crippen LogP contribution in [-0.2, 0) is 13.2 Å². The summed E-state index contributed by atoms with van der Waals surface area (Å²) in [6, 6.07) is 0. The standard InChI is InChI=1S/C6H5F3N2O2/c1-11-4(12)3(6(7,8)9)2-10-5(11)13/h2H,1H3,(H,10,13). The van der Waals surface area contributed by atoms with Crippen LogP contribution in [0.4, 0.5) is 13.2 Å². The molecule has 0 radical (unpaired) electrons. The van der Waals surface area contributed by atoms with Gasteiger partial charge in [-0.15, -0.1) is 0 Å². The molecule has 0 saturated heterocycles. The summed E-state index contributed by atoms with van der Waals surface area (Å²) >= 11 is 0. The van der Waals surface area contributed by atoms with Crippen molar-refractivity contribution in [3.63, 3.8) is 0 Å². The molecule has 0 atom stereocenters. The van der Waals surface area contributed by atoms with Crippen LogP contribution in [0.2, 0.25) is 0 Å². The molecule has 0 saturated carbocycles. The molecule has 7 heteroatoms. The average Bonchev–Trinajstić information content (AvgIpc) is 1.98. The van der Waals surface area contributed by atoms with Crippen LogP contribution in [0.1, 0.15) is 5.56 Å². The van der Waals surface area contributed by atoms with Crippen LogP contribution < -0.4 is 11.2 Å². The molecule has 0 spiro atoms. The van der Waals surface area contributed by atoms with Crippen LogP contribution in [0.25, 0.3) is 0 Å². The number of halogens is 3. The molecular formula is C6H5F3N2O2. The summed E-state index contributed by atoms with van der Waals surface area (Å²) in [4.78, 5) is 23.3. The predicted molar refractivity (Wildman–Crippen MR) is 37.3 cm³/mol. The highest BCUT2D eigenvalue weighted by atomic mass is 19.4. The summed E-state index contributed by atoms with van der Waals surface area (Å²) in [5.74, 6) is 0. The summed E-state index contributed by atoms with van der Waals surface area (Å²) in [5, 5.41) is 0. The normalized spacial score (nSPS) is 11.7. The lowest BCUT2D eigenvalue weighted by molar-refractivity contribution is -0.139. The zero-order chi connectivity index (χ0) is 10.2. The molecule has 0 fully saturated rings. The Kier molecular flexibility index (Phi) is 2.02. The van der Waals surface area contributed by atoms with Crippen molar-refractivity contribution in [3.8, 4) is 0 Å². The summed E-state index contributed by atoms with van der Waals surface area (Å²) in [6.45, 7) is 0. The van der Waals surface area contributed by atoms with E-state index in [0.29, 0.717) is 10.8 Å². The molecule has 0 aliphatic rings. The number of nitrogens with zero attached hydrogens (tertiary/aromatic N) is 1. The van der Waals surface area contributed by atoms with E-state index in [0.717, 1.165) is 7.05 Å². The number of H-pyrrole nitrogens is 1. The van der Waals surface area contributed by atoms with Crippen molar-refractivity contribution in [3.05, 3.63) is 32.6 Å². The molecule has 0 aliphatic carbocycles. The summed E-state index contributed by atoms with van der Waals surface area (Å²) in [6.07, 6.45) is -4.37. The zero-order valence-corrected chi connectivity index (χ0v) is 6.47. The van der Waals surface area contributed by atoms with E-state index in [1.54, 1.807) is 4.98 Å². The van der Waals surface area contributed by atoms with Crippen LogP contribution in [0.15, 0.2) is 15.8 Å². The van der Waals surface area contributed by atoms with Gasteiger partial charge in [-0.05, 0) is 0 Å². The van der Waals surface area contributed by atoms with Gasteiger partial charge in [0.15, 0.2) is 0 Å². The van der Waals surface area contributed by atoms with Gasteiger partial charge in [-0.3, -0.25) is 9.36 Å². The van der Waals surface area contributed by atoms with Crippen molar-refractivity contribution < 1.29 is 13.2 Å². The monoisotopic (exact) mass is 194 g/mol. The molecule has 72 valence electrons. The van der Waals surface area contributed by atoms with Gasteiger partial charge in [-0.1, -0.05) is 0 Å². The van der Waals surface area contributed by atoms with E-state index in [4.69, 9.17) is 0 Å². The van der Waals surface area contributed by atoms with E-state index in [1.807, 2.05) is 0 Å². The Morgan fingerprint density at radius 3 is 2.38 bits per heavy atom. The molecule has 13 heavy (non-hydrogen) atoms. The Balaban J connectivity index is 3.54. The first kappa shape index (κ1) is 9.56. The first-order valence-corrected chi connectivity index (χ1v) is 3.20. The van der Waals surface area contributed by atoms with Gasteiger partial charge in [0.1, 0.15) is 5.56 Å². The second-order valence-corrected chi connectivity index (χ2v) is 2.37. The zero-order valence-electron chi connectivity index (χ0n) is 6.47. The first-order chi connectivity index (χ1) is 5.84. The minimum Gasteiger partial charge on any atom is -0.313 e. The third-order valence-corrected chi connectivity index (χ3v) is 1.49. The van der Waals surface area contributed by atoms with E-state index < -0.39 is 23.0 Å². The maximum Gasteiger partial charge on any atom is 0.423 e. The van der Waals surface area contributed by atoms with Gasteiger partial charge in [0, 0.05) is 13.2 Å². The summed E-state index contributed by atoms with van der Waals surface area (Å²) in [7, 11) is 0.969. The van der Waals surface area contributed by atoms with E-state index in [-0.39, 0.29) is 0 Å². The van der Waals surface area contributed by atoms with Gasteiger partial charge in [0.05, 0.1) is 0 Å². The Labute approximate surface area is 69.6 Å². The Hall–Kier alpha value is -1.53. The van der Waals surface area contributed by atoms with Crippen molar-refractivity contribution >= 4 is 0 Å². The van der Waals surface area contributed by atoms with Crippen molar-refractivity contribution in [2.45, 2.75) is 6.18 Å². The molecule has 1 rings (SSSR count). The van der Waals surface area contributed by atoms with Crippen LogP contribution in [-0.4, -0.2) is 9.55 Å². The topological polar surface area (TPSA) is 54.9 Å². The highest BCUT2D eigenvalue weighted by Gasteiger charge is 2.34. The average molecular weight is 194 g/mol. The van der Waals surface area contributed by atoms with Gasteiger partial charge in [0.25, 0.3) is 5.56 Å². The fraction of sp³-hybridized carbons (Fsp3) is 0.333. The fourth-order valence-corrected chi connectivity index (χ4v) is 0.768. The Morgan fingerprint density at radius 1 is 1.38 bits per heavy atom. The predicted octanol–water partition coefficient (Wildman–Crippen LogP) is 0.0924. The van der Waals surface area contributed by atoms with Gasteiger partial charge in [0.2, 0.25) is 0 Å². The molecular weight excluding hydrogens is 189 g/mol. The molecule has 0 aromatic carbocycles. The number of aromatic nitrogens is 2. The Bertz CT molecular complexity index is 429. The lowest BCUT2D eigenvalue weighted by Gasteiger charge is -2.05. The van der Waals surface area contributed by atoms with Crippen LogP contribution in [0.5, 0.6) is 0 Å². The molecule has 0 bridgehead atoms. The maximum absolute atomic E-state index is 12.0. The maximum atomic E-state index is 12.0.